The minimum absolute atomic E-state index is 0.00269. The summed E-state index contributed by atoms with van der Waals surface area (Å²) in [7, 11) is 1.23. The van der Waals surface area contributed by atoms with Crippen molar-refractivity contribution in [3.8, 4) is 0 Å². The Morgan fingerprint density at radius 3 is 2.79 bits per heavy atom. The molecule has 2 aromatic rings. The highest BCUT2D eigenvalue weighted by Crippen LogP contribution is 2.18. The van der Waals surface area contributed by atoms with E-state index in [1.807, 2.05) is 0 Å². The molecule has 0 saturated carbocycles. The van der Waals surface area contributed by atoms with Crippen LogP contribution in [0.3, 0.4) is 0 Å². The average Bonchev–Trinajstić information content (AvgIpc) is 2.86. The van der Waals surface area contributed by atoms with E-state index in [1.54, 1.807) is 24.3 Å². The molecule has 19 heavy (non-hydrogen) atoms. The van der Waals surface area contributed by atoms with Crippen LogP contribution in [-0.2, 0) is 4.74 Å². The number of nitrogens with one attached hydrogen (secondary N) is 2. The number of anilines is 1. The number of aromatic amines is 1. The maximum atomic E-state index is 12.0. The molecule has 2 rings (SSSR count). The van der Waals surface area contributed by atoms with Crippen LogP contribution in [0, 0.1) is 0 Å². The minimum atomic E-state index is -0.643. The SMILES string of the molecule is COC(=O)c1n[nH]cc1NC(=O)c1ccccc1Cl. The van der Waals surface area contributed by atoms with E-state index in [0.717, 1.165) is 0 Å². The number of carbonyl (C=O) groups excluding carboxylic acids is 2. The molecular formula is C12H10ClN3O3. The first kappa shape index (κ1) is 13.1. The zero-order valence-electron chi connectivity index (χ0n) is 9.94. The van der Waals surface area contributed by atoms with E-state index in [1.165, 1.54) is 13.3 Å². The maximum absolute atomic E-state index is 12.0. The summed E-state index contributed by atoms with van der Waals surface area (Å²) in [4.78, 5) is 23.4. The molecule has 0 aliphatic carbocycles. The third-order valence-corrected chi connectivity index (χ3v) is 2.72. The molecule has 1 heterocycles. The molecule has 6 nitrogen and oxygen atoms in total. The smallest absolute Gasteiger partial charge is 0.360 e. The Kier molecular flexibility index (Phi) is 3.82. The Morgan fingerprint density at radius 2 is 2.11 bits per heavy atom. The van der Waals surface area contributed by atoms with Gasteiger partial charge in [-0.15, -0.1) is 0 Å². The molecule has 98 valence electrons. The van der Waals surface area contributed by atoms with Crippen LogP contribution < -0.4 is 5.32 Å². The first-order valence-corrected chi connectivity index (χ1v) is 5.69. The van der Waals surface area contributed by atoms with Crippen LogP contribution in [0.2, 0.25) is 5.02 Å². The number of hydrogen-bond donors (Lipinski definition) is 2. The van der Waals surface area contributed by atoms with Crippen molar-refractivity contribution in [1.29, 1.82) is 0 Å². The number of hydrogen-bond acceptors (Lipinski definition) is 4. The minimum Gasteiger partial charge on any atom is -0.464 e. The van der Waals surface area contributed by atoms with Crippen molar-refractivity contribution in [3.05, 3.63) is 46.7 Å². The molecule has 1 aromatic carbocycles. The van der Waals surface area contributed by atoms with Gasteiger partial charge in [-0.2, -0.15) is 5.10 Å². The third-order valence-electron chi connectivity index (χ3n) is 2.39. The van der Waals surface area contributed by atoms with Crippen molar-refractivity contribution in [1.82, 2.24) is 10.2 Å². The molecule has 7 heteroatoms. The first-order valence-electron chi connectivity index (χ1n) is 5.31. The molecule has 1 amide bonds. The lowest BCUT2D eigenvalue weighted by Crippen LogP contribution is -2.15. The fraction of sp³-hybridized carbons (Fsp3) is 0.0833. The molecule has 0 atom stereocenters. The number of nitrogens with zero attached hydrogens (tertiary/aromatic N) is 1. The van der Waals surface area contributed by atoms with Gasteiger partial charge in [0.05, 0.1) is 23.4 Å². The van der Waals surface area contributed by atoms with E-state index < -0.39 is 11.9 Å². The number of methoxy groups -OCH3 is 1. The van der Waals surface area contributed by atoms with Crippen molar-refractivity contribution in [3.63, 3.8) is 0 Å². The quantitative estimate of drug-likeness (QED) is 0.843. The van der Waals surface area contributed by atoms with Crippen LogP contribution in [-0.4, -0.2) is 29.2 Å². The number of esters is 1. The summed E-state index contributed by atoms with van der Waals surface area (Å²) in [5, 5.41) is 9.06. The topological polar surface area (TPSA) is 84.1 Å². The first-order chi connectivity index (χ1) is 9.13. The molecule has 0 aliphatic rings. The molecule has 0 fully saturated rings. The summed E-state index contributed by atoms with van der Waals surface area (Å²) in [6.07, 6.45) is 1.39. The maximum Gasteiger partial charge on any atom is 0.360 e. The van der Waals surface area contributed by atoms with Gasteiger partial charge in [-0.25, -0.2) is 4.79 Å². The van der Waals surface area contributed by atoms with Gasteiger partial charge in [-0.05, 0) is 12.1 Å². The summed E-state index contributed by atoms with van der Waals surface area (Å²) in [5.74, 6) is -1.08. The summed E-state index contributed by atoms with van der Waals surface area (Å²) in [6.45, 7) is 0. The lowest BCUT2D eigenvalue weighted by Gasteiger charge is -2.05. The van der Waals surface area contributed by atoms with Gasteiger partial charge in [-0.1, -0.05) is 23.7 Å². The van der Waals surface area contributed by atoms with E-state index in [9.17, 15) is 9.59 Å². The highest BCUT2D eigenvalue weighted by Gasteiger charge is 2.18. The Morgan fingerprint density at radius 1 is 1.37 bits per heavy atom. The van der Waals surface area contributed by atoms with Gasteiger partial charge in [0.1, 0.15) is 0 Å². The van der Waals surface area contributed by atoms with Crippen molar-refractivity contribution >= 4 is 29.2 Å². The number of aromatic nitrogens is 2. The van der Waals surface area contributed by atoms with Gasteiger partial charge in [-0.3, -0.25) is 9.89 Å². The molecule has 0 saturated heterocycles. The molecular weight excluding hydrogens is 270 g/mol. The largest absolute Gasteiger partial charge is 0.464 e. The number of rotatable bonds is 3. The number of ether oxygens (including phenoxy) is 1. The second kappa shape index (κ2) is 5.53. The molecule has 0 spiro atoms. The molecule has 1 aromatic heterocycles. The molecule has 0 bridgehead atoms. The van der Waals surface area contributed by atoms with Gasteiger partial charge in [0.15, 0.2) is 5.69 Å². The third kappa shape index (κ3) is 2.74. The van der Waals surface area contributed by atoms with Crippen LogP contribution >= 0.6 is 11.6 Å². The van der Waals surface area contributed by atoms with Gasteiger partial charge < -0.3 is 10.1 Å². The summed E-state index contributed by atoms with van der Waals surface area (Å²) in [5.41, 5.74) is 0.542. The van der Waals surface area contributed by atoms with E-state index >= 15 is 0 Å². The summed E-state index contributed by atoms with van der Waals surface area (Å²) >= 11 is 5.91. The van der Waals surface area contributed by atoms with E-state index in [4.69, 9.17) is 11.6 Å². The van der Waals surface area contributed by atoms with E-state index in [2.05, 4.69) is 20.3 Å². The monoisotopic (exact) mass is 279 g/mol. The number of carbonyl (C=O) groups is 2. The average molecular weight is 280 g/mol. The molecule has 0 radical (unpaired) electrons. The van der Waals surface area contributed by atoms with Gasteiger partial charge in [0.2, 0.25) is 0 Å². The lowest BCUT2D eigenvalue weighted by atomic mass is 10.2. The van der Waals surface area contributed by atoms with Crippen molar-refractivity contribution in [2.45, 2.75) is 0 Å². The number of H-pyrrole nitrogens is 1. The normalized spacial score (nSPS) is 10.0. The van der Waals surface area contributed by atoms with E-state index in [-0.39, 0.29) is 11.4 Å². The van der Waals surface area contributed by atoms with Crippen LogP contribution in [0.5, 0.6) is 0 Å². The highest BCUT2D eigenvalue weighted by atomic mass is 35.5. The highest BCUT2D eigenvalue weighted by molar-refractivity contribution is 6.34. The Labute approximate surface area is 113 Å². The van der Waals surface area contributed by atoms with E-state index in [0.29, 0.717) is 10.6 Å². The fourth-order valence-electron chi connectivity index (χ4n) is 1.47. The van der Waals surface area contributed by atoms with Crippen molar-refractivity contribution in [2.75, 3.05) is 12.4 Å². The zero-order valence-corrected chi connectivity index (χ0v) is 10.7. The van der Waals surface area contributed by atoms with Gasteiger partial charge in [0.25, 0.3) is 5.91 Å². The molecule has 2 N–H and O–H groups in total. The predicted molar refractivity (Wildman–Crippen MR) is 69.3 cm³/mol. The molecule has 0 aliphatic heterocycles. The number of halogens is 1. The molecule has 0 unspecified atom stereocenters. The second-order valence-electron chi connectivity index (χ2n) is 3.57. The Hall–Kier alpha value is -2.34. The summed E-state index contributed by atoms with van der Waals surface area (Å²) in [6, 6.07) is 6.59. The van der Waals surface area contributed by atoms with Crippen LogP contribution in [0.4, 0.5) is 5.69 Å². The van der Waals surface area contributed by atoms with Crippen LogP contribution in [0.15, 0.2) is 30.5 Å². The fourth-order valence-corrected chi connectivity index (χ4v) is 1.69. The lowest BCUT2D eigenvalue weighted by molar-refractivity contribution is 0.0595. The van der Waals surface area contributed by atoms with Gasteiger partial charge in [0, 0.05) is 6.20 Å². The Balaban J connectivity index is 2.23. The van der Waals surface area contributed by atoms with Crippen LogP contribution in [0.1, 0.15) is 20.8 Å². The van der Waals surface area contributed by atoms with Crippen molar-refractivity contribution < 1.29 is 14.3 Å². The zero-order chi connectivity index (χ0) is 13.8. The van der Waals surface area contributed by atoms with Crippen LogP contribution in [0.25, 0.3) is 0 Å². The predicted octanol–water partition coefficient (Wildman–Crippen LogP) is 2.10. The standard InChI is InChI=1S/C12H10ClN3O3/c1-19-12(18)10-9(6-14-16-10)15-11(17)7-4-2-3-5-8(7)13/h2-6H,1H3,(H,14,16)(H,15,17). The van der Waals surface area contributed by atoms with Gasteiger partial charge >= 0.3 is 5.97 Å². The number of amides is 1. The second-order valence-corrected chi connectivity index (χ2v) is 3.98. The van der Waals surface area contributed by atoms with Crippen molar-refractivity contribution in [2.24, 2.45) is 0 Å². The Bertz CT molecular complexity index is 624. The number of benzene rings is 1. The summed E-state index contributed by atoms with van der Waals surface area (Å²) < 4.78 is 4.55.